The predicted octanol–water partition coefficient (Wildman–Crippen LogP) is 6.29. The summed E-state index contributed by atoms with van der Waals surface area (Å²) in [5.41, 5.74) is 3.60. The van der Waals surface area contributed by atoms with E-state index in [2.05, 4.69) is 36.4 Å². The lowest BCUT2D eigenvalue weighted by Crippen LogP contribution is -2.19. The van der Waals surface area contributed by atoms with Crippen molar-refractivity contribution in [1.82, 2.24) is 0 Å². The number of halogens is 2. The lowest BCUT2D eigenvalue weighted by Gasteiger charge is -2.28. The highest BCUT2D eigenvalue weighted by Crippen LogP contribution is 2.38. The molecule has 1 fully saturated rings. The lowest BCUT2D eigenvalue weighted by atomic mass is 9.78. The fourth-order valence-corrected chi connectivity index (χ4v) is 3.56. The molecule has 0 saturated heterocycles. The first-order valence-corrected chi connectivity index (χ1v) is 8.78. The van der Waals surface area contributed by atoms with Gasteiger partial charge in [-0.15, -0.1) is 0 Å². The molecule has 0 N–H and O–H groups in total. The van der Waals surface area contributed by atoms with Gasteiger partial charge in [0, 0.05) is 5.92 Å². The Balaban J connectivity index is 1.65. The smallest absolute Gasteiger partial charge is 0.241 e. The Labute approximate surface area is 142 Å². The van der Waals surface area contributed by atoms with Crippen LogP contribution in [0.5, 0.6) is 5.75 Å². The molecule has 0 atom stereocenters. The van der Waals surface area contributed by atoms with Crippen LogP contribution >= 0.6 is 0 Å². The molecular formula is C21H24F2O. The first-order valence-electron chi connectivity index (χ1n) is 8.78. The van der Waals surface area contributed by atoms with Crippen LogP contribution in [0.25, 0.3) is 11.1 Å². The fourth-order valence-electron chi connectivity index (χ4n) is 3.56. The predicted molar refractivity (Wildman–Crippen MR) is 93.8 cm³/mol. The largest absolute Gasteiger partial charge is 0.494 e. The van der Waals surface area contributed by atoms with Gasteiger partial charge < -0.3 is 4.74 Å². The highest BCUT2D eigenvalue weighted by molar-refractivity contribution is 5.64. The van der Waals surface area contributed by atoms with Crippen LogP contribution in [0.2, 0.25) is 0 Å². The monoisotopic (exact) mass is 330 g/mol. The summed E-state index contributed by atoms with van der Waals surface area (Å²) in [6.07, 6.45) is 0.869. The number of hydrogen-bond acceptors (Lipinski definition) is 1. The second kappa shape index (κ2) is 7.78. The fraction of sp³-hybridized carbons (Fsp3) is 0.429. The minimum atomic E-state index is -2.16. The molecule has 1 saturated carbocycles. The van der Waals surface area contributed by atoms with Crippen molar-refractivity contribution >= 4 is 0 Å². The molecule has 1 aliphatic rings. The average molecular weight is 330 g/mol. The summed E-state index contributed by atoms with van der Waals surface area (Å²) in [7, 11) is 0. The Hall–Kier alpha value is -1.90. The standard InChI is InChI=1S/C21H24F2O/c1-2-24-20-13-11-18(12-14-20)16-5-3-15(4-6-16)17-7-9-19(10-8-17)21(22)23/h3-6,11-14,17,19,21H,2,7-10H2,1H3/t17-,19-. The van der Waals surface area contributed by atoms with E-state index in [1.807, 2.05) is 19.1 Å². The zero-order chi connectivity index (χ0) is 16.9. The Kier molecular flexibility index (Phi) is 5.49. The maximum Gasteiger partial charge on any atom is 0.241 e. The van der Waals surface area contributed by atoms with Crippen molar-refractivity contribution in [1.29, 1.82) is 0 Å². The molecule has 2 aromatic carbocycles. The molecule has 0 aliphatic heterocycles. The number of benzene rings is 2. The van der Waals surface area contributed by atoms with Gasteiger partial charge in [-0.3, -0.25) is 0 Å². The Bertz CT molecular complexity index is 626. The molecular weight excluding hydrogens is 306 g/mol. The molecule has 0 radical (unpaired) electrons. The van der Waals surface area contributed by atoms with Gasteiger partial charge in [-0.05, 0) is 67.3 Å². The summed E-state index contributed by atoms with van der Waals surface area (Å²) in [4.78, 5) is 0. The average Bonchev–Trinajstić information content (AvgIpc) is 2.63. The highest BCUT2D eigenvalue weighted by Gasteiger charge is 2.27. The van der Waals surface area contributed by atoms with E-state index in [1.165, 1.54) is 11.1 Å². The van der Waals surface area contributed by atoms with Gasteiger partial charge in [0.05, 0.1) is 6.61 Å². The minimum Gasteiger partial charge on any atom is -0.494 e. The van der Waals surface area contributed by atoms with Crippen LogP contribution in [0.3, 0.4) is 0 Å². The quantitative estimate of drug-likeness (QED) is 0.626. The van der Waals surface area contributed by atoms with Crippen molar-refractivity contribution in [3.63, 3.8) is 0 Å². The maximum atomic E-state index is 12.8. The second-order valence-corrected chi connectivity index (χ2v) is 6.53. The van der Waals surface area contributed by atoms with Crippen molar-refractivity contribution in [3.8, 4) is 16.9 Å². The third kappa shape index (κ3) is 3.95. The van der Waals surface area contributed by atoms with Crippen molar-refractivity contribution in [2.24, 2.45) is 5.92 Å². The van der Waals surface area contributed by atoms with Gasteiger partial charge in [-0.2, -0.15) is 0 Å². The topological polar surface area (TPSA) is 9.23 Å². The van der Waals surface area contributed by atoms with E-state index >= 15 is 0 Å². The molecule has 0 spiro atoms. The van der Waals surface area contributed by atoms with E-state index in [9.17, 15) is 8.78 Å². The molecule has 1 aliphatic carbocycles. The molecule has 24 heavy (non-hydrogen) atoms. The molecule has 3 heteroatoms. The van der Waals surface area contributed by atoms with E-state index in [-0.39, 0.29) is 0 Å². The van der Waals surface area contributed by atoms with Gasteiger partial charge in [0.15, 0.2) is 0 Å². The summed E-state index contributed by atoms with van der Waals surface area (Å²) < 4.78 is 31.0. The van der Waals surface area contributed by atoms with Crippen molar-refractivity contribution in [3.05, 3.63) is 54.1 Å². The SMILES string of the molecule is CCOc1ccc(-c2ccc([C@H]3CC[C@H](C(F)F)CC3)cc2)cc1. The number of rotatable bonds is 5. The Morgan fingerprint density at radius 3 is 1.92 bits per heavy atom. The second-order valence-electron chi connectivity index (χ2n) is 6.53. The molecule has 0 unspecified atom stereocenters. The summed E-state index contributed by atoms with van der Waals surface area (Å²) >= 11 is 0. The van der Waals surface area contributed by atoms with E-state index in [0.29, 0.717) is 25.4 Å². The van der Waals surface area contributed by atoms with E-state index in [4.69, 9.17) is 4.74 Å². The summed E-state index contributed by atoms with van der Waals surface area (Å²) in [5, 5.41) is 0. The van der Waals surface area contributed by atoms with Gasteiger partial charge in [0.1, 0.15) is 5.75 Å². The summed E-state index contributed by atoms with van der Waals surface area (Å²) in [6, 6.07) is 16.7. The third-order valence-electron chi connectivity index (χ3n) is 5.01. The van der Waals surface area contributed by atoms with Crippen molar-refractivity contribution < 1.29 is 13.5 Å². The van der Waals surface area contributed by atoms with Crippen LogP contribution in [0.15, 0.2) is 48.5 Å². The van der Waals surface area contributed by atoms with E-state index in [0.717, 1.165) is 24.2 Å². The Morgan fingerprint density at radius 1 is 0.875 bits per heavy atom. The van der Waals surface area contributed by atoms with Crippen LogP contribution in [-0.4, -0.2) is 13.0 Å². The normalized spacial score (nSPS) is 21.0. The van der Waals surface area contributed by atoms with Crippen LogP contribution in [-0.2, 0) is 0 Å². The first kappa shape index (κ1) is 16.9. The molecule has 2 aromatic rings. The van der Waals surface area contributed by atoms with Crippen LogP contribution < -0.4 is 4.74 Å². The van der Waals surface area contributed by atoms with Gasteiger partial charge in [0.2, 0.25) is 6.43 Å². The number of hydrogen-bond donors (Lipinski definition) is 0. The van der Waals surface area contributed by atoms with E-state index < -0.39 is 12.3 Å². The maximum absolute atomic E-state index is 12.8. The van der Waals surface area contributed by atoms with Gasteiger partial charge in [-0.25, -0.2) is 8.78 Å². The number of ether oxygens (including phenoxy) is 1. The summed E-state index contributed by atoms with van der Waals surface area (Å²) in [5.74, 6) is 0.910. The van der Waals surface area contributed by atoms with Gasteiger partial charge >= 0.3 is 0 Å². The molecule has 0 amide bonds. The first-order chi connectivity index (χ1) is 11.7. The minimum absolute atomic E-state index is 0.399. The zero-order valence-electron chi connectivity index (χ0n) is 14.1. The molecule has 1 nitrogen and oxygen atoms in total. The lowest BCUT2D eigenvalue weighted by molar-refractivity contribution is 0.0528. The van der Waals surface area contributed by atoms with Crippen LogP contribution in [0.4, 0.5) is 8.78 Å². The van der Waals surface area contributed by atoms with Crippen LogP contribution in [0, 0.1) is 5.92 Å². The zero-order valence-corrected chi connectivity index (χ0v) is 14.1. The van der Waals surface area contributed by atoms with Crippen molar-refractivity contribution in [2.45, 2.75) is 45.0 Å². The molecule has 128 valence electrons. The third-order valence-corrected chi connectivity index (χ3v) is 5.01. The molecule has 0 bridgehead atoms. The highest BCUT2D eigenvalue weighted by atomic mass is 19.3. The molecule has 3 rings (SSSR count). The number of alkyl halides is 2. The van der Waals surface area contributed by atoms with Gasteiger partial charge in [-0.1, -0.05) is 36.4 Å². The Morgan fingerprint density at radius 2 is 1.42 bits per heavy atom. The molecule has 0 aromatic heterocycles. The van der Waals surface area contributed by atoms with Gasteiger partial charge in [0.25, 0.3) is 0 Å². The summed E-state index contributed by atoms with van der Waals surface area (Å²) in [6.45, 7) is 2.64. The van der Waals surface area contributed by atoms with Crippen LogP contribution in [0.1, 0.15) is 44.1 Å². The molecule has 0 heterocycles. The van der Waals surface area contributed by atoms with Crippen molar-refractivity contribution in [2.75, 3.05) is 6.61 Å². The van der Waals surface area contributed by atoms with E-state index in [1.54, 1.807) is 0 Å².